The second kappa shape index (κ2) is 10.7. The van der Waals surface area contributed by atoms with Crippen molar-refractivity contribution < 1.29 is 13.9 Å². The number of nitrogens with zero attached hydrogens (tertiary/aromatic N) is 2. The molecule has 2 aliphatic heterocycles. The number of hydrogen-bond donors (Lipinski definition) is 3. The van der Waals surface area contributed by atoms with Crippen LogP contribution in [0.2, 0.25) is 0 Å². The van der Waals surface area contributed by atoms with E-state index in [1.54, 1.807) is 30.9 Å². The maximum absolute atomic E-state index is 14.7. The fourth-order valence-corrected chi connectivity index (χ4v) is 5.51. The number of carbonyl (C=O) groups is 1. The molecule has 0 spiro atoms. The number of hydrogen-bond acceptors (Lipinski definition) is 6. The van der Waals surface area contributed by atoms with Crippen LogP contribution in [0.3, 0.4) is 0 Å². The average molecular weight is 508 g/mol. The van der Waals surface area contributed by atoms with E-state index in [-0.39, 0.29) is 11.9 Å². The molecule has 1 aromatic carbocycles. The van der Waals surface area contributed by atoms with Gasteiger partial charge in [-0.05, 0) is 49.9 Å². The molecule has 188 valence electrons. The molecular formula is C27H30FN5O2S. The second-order valence-electron chi connectivity index (χ2n) is 9.00. The summed E-state index contributed by atoms with van der Waals surface area (Å²) in [5, 5.41) is 10.4. The Morgan fingerprint density at radius 1 is 1.25 bits per heavy atom. The molecular weight excluding hydrogens is 477 g/mol. The topological polar surface area (TPSA) is 70.0 Å². The van der Waals surface area contributed by atoms with Gasteiger partial charge in [0.15, 0.2) is 5.88 Å². The maximum atomic E-state index is 14.7. The summed E-state index contributed by atoms with van der Waals surface area (Å²) in [7, 11) is 3.57. The highest BCUT2D eigenvalue weighted by atomic mass is 32.2. The number of thioether (sulfide) groups is 1. The molecule has 0 bridgehead atoms. The molecule has 0 saturated carbocycles. The fraction of sp³-hybridized carbons (Fsp3) is 0.370. The normalized spacial score (nSPS) is 19.5. The minimum Gasteiger partial charge on any atom is -0.478 e. The number of aromatic nitrogens is 1. The molecule has 9 heteroatoms. The first kappa shape index (κ1) is 24.3. The van der Waals surface area contributed by atoms with Crippen LogP contribution in [-0.2, 0) is 0 Å². The van der Waals surface area contributed by atoms with Crippen LogP contribution in [0.25, 0.3) is 5.52 Å². The first-order valence-electron chi connectivity index (χ1n) is 12.1. The van der Waals surface area contributed by atoms with Crippen molar-refractivity contribution in [2.45, 2.75) is 23.7 Å². The molecule has 5 rings (SSSR count). The van der Waals surface area contributed by atoms with Gasteiger partial charge in [0.2, 0.25) is 0 Å². The summed E-state index contributed by atoms with van der Waals surface area (Å²) in [6, 6.07) is 13.1. The number of ether oxygens (including phenoxy) is 1. The largest absolute Gasteiger partial charge is 0.478 e. The summed E-state index contributed by atoms with van der Waals surface area (Å²) in [6.07, 6.45) is -0.165. The standard InChI is InChI=1S/C27H30FN5O2S/c1-29-26(34)18-5-7-20(8-6-18)30-12-3-4-19-16-24-23(31-22-11-13-32(2)17-21(22)28)9-10-25-33(24)27(19)36-15-14-35-25/h5-10,16,21-22,30-31H,11-15,17H2,1-2H3,(H,29,34)/t21-,22+/m0/s1. The number of benzene rings is 1. The number of carbonyl (C=O) groups excluding carboxylic acids is 1. The maximum Gasteiger partial charge on any atom is 0.251 e. The van der Waals surface area contributed by atoms with Gasteiger partial charge in [-0.25, -0.2) is 4.39 Å². The van der Waals surface area contributed by atoms with E-state index < -0.39 is 6.17 Å². The molecule has 2 aromatic heterocycles. The number of nitrogens with one attached hydrogen (secondary N) is 3. The second-order valence-corrected chi connectivity index (χ2v) is 10.1. The van der Waals surface area contributed by atoms with Gasteiger partial charge >= 0.3 is 0 Å². The van der Waals surface area contributed by atoms with E-state index >= 15 is 0 Å². The highest BCUT2D eigenvalue weighted by Crippen LogP contribution is 2.37. The third kappa shape index (κ3) is 5.11. The van der Waals surface area contributed by atoms with E-state index in [2.05, 4.69) is 38.3 Å². The first-order chi connectivity index (χ1) is 17.5. The molecule has 1 amide bonds. The third-order valence-electron chi connectivity index (χ3n) is 6.48. The summed E-state index contributed by atoms with van der Waals surface area (Å²) >= 11 is 1.72. The van der Waals surface area contributed by atoms with Gasteiger partial charge in [-0.1, -0.05) is 11.8 Å². The van der Waals surface area contributed by atoms with Crippen molar-refractivity contribution in [1.29, 1.82) is 0 Å². The van der Waals surface area contributed by atoms with Gasteiger partial charge < -0.3 is 25.6 Å². The summed E-state index contributed by atoms with van der Waals surface area (Å²) in [5.41, 5.74) is 4.28. The number of likely N-dealkylation sites (tertiary alicyclic amines) is 1. The molecule has 0 radical (unpaired) electrons. The SMILES string of the molecule is CNC(=O)c1ccc(NCC#Cc2cc3c(N[C@@H]4CCN(C)C[C@@H]4F)ccc4n3c2SCCO4)cc1. The number of halogens is 1. The van der Waals surface area contributed by atoms with Crippen LogP contribution in [0.4, 0.5) is 15.8 Å². The van der Waals surface area contributed by atoms with Crippen molar-refractivity contribution in [3.05, 3.63) is 53.6 Å². The Morgan fingerprint density at radius 2 is 2.08 bits per heavy atom. The number of piperidine rings is 1. The van der Waals surface area contributed by atoms with Crippen LogP contribution < -0.4 is 20.7 Å². The van der Waals surface area contributed by atoms with E-state index in [0.29, 0.717) is 25.3 Å². The Hall–Kier alpha value is -3.35. The Balaban J connectivity index is 1.36. The smallest absolute Gasteiger partial charge is 0.251 e. The van der Waals surface area contributed by atoms with E-state index in [9.17, 15) is 9.18 Å². The van der Waals surface area contributed by atoms with Crippen molar-refractivity contribution in [3.63, 3.8) is 0 Å². The number of amides is 1. The van der Waals surface area contributed by atoms with Gasteiger partial charge in [0.05, 0.1) is 41.0 Å². The number of rotatable bonds is 5. The molecule has 0 aliphatic carbocycles. The van der Waals surface area contributed by atoms with Crippen molar-refractivity contribution in [2.24, 2.45) is 0 Å². The van der Waals surface area contributed by atoms with E-state index in [1.807, 2.05) is 36.2 Å². The lowest BCUT2D eigenvalue weighted by molar-refractivity contribution is 0.0963. The van der Waals surface area contributed by atoms with Crippen molar-refractivity contribution >= 4 is 34.6 Å². The Morgan fingerprint density at radius 3 is 2.86 bits per heavy atom. The van der Waals surface area contributed by atoms with E-state index in [1.165, 1.54) is 0 Å². The van der Waals surface area contributed by atoms with Gasteiger partial charge in [-0.15, -0.1) is 11.8 Å². The van der Waals surface area contributed by atoms with Crippen LogP contribution in [0.5, 0.6) is 5.88 Å². The van der Waals surface area contributed by atoms with Crippen LogP contribution in [-0.4, -0.2) is 73.5 Å². The highest BCUT2D eigenvalue weighted by Gasteiger charge is 2.28. The number of alkyl halides is 1. The lowest BCUT2D eigenvalue weighted by Gasteiger charge is -2.33. The zero-order valence-electron chi connectivity index (χ0n) is 20.4. The molecule has 1 saturated heterocycles. The van der Waals surface area contributed by atoms with Crippen molar-refractivity contribution in [2.75, 3.05) is 56.7 Å². The molecule has 7 nitrogen and oxygen atoms in total. The van der Waals surface area contributed by atoms with Gasteiger partial charge in [-0.2, -0.15) is 0 Å². The fourth-order valence-electron chi connectivity index (χ4n) is 4.56. The van der Waals surface area contributed by atoms with Crippen LogP contribution in [0.1, 0.15) is 22.3 Å². The summed E-state index contributed by atoms with van der Waals surface area (Å²) < 4.78 is 22.8. The molecule has 4 heterocycles. The lowest BCUT2D eigenvalue weighted by atomic mass is 10.0. The van der Waals surface area contributed by atoms with Gasteiger partial charge in [0.1, 0.15) is 6.17 Å². The molecule has 0 unspecified atom stereocenters. The minimum absolute atomic E-state index is 0.112. The van der Waals surface area contributed by atoms with Gasteiger partial charge in [0, 0.05) is 43.2 Å². The summed E-state index contributed by atoms with van der Waals surface area (Å²) in [5.74, 6) is 8.03. The molecule has 2 atom stereocenters. The monoisotopic (exact) mass is 507 g/mol. The van der Waals surface area contributed by atoms with E-state index in [0.717, 1.165) is 52.1 Å². The highest BCUT2D eigenvalue weighted by molar-refractivity contribution is 7.99. The zero-order chi connectivity index (χ0) is 25.1. The molecule has 36 heavy (non-hydrogen) atoms. The number of pyridine rings is 1. The molecule has 3 aromatic rings. The Bertz CT molecular complexity index is 1310. The van der Waals surface area contributed by atoms with Crippen molar-refractivity contribution in [1.82, 2.24) is 14.6 Å². The Labute approximate surface area is 214 Å². The average Bonchev–Trinajstić information content (AvgIpc) is 3.11. The van der Waals surface area contributed by atoms with E-state index in [4.69, 9.17) is 4.74 Å². The first-order valence-corrected chi connectivity index (χ1v) is 13.1. The van der Waals surface area contributed by atoms with Crippen molar-refractivity contribution in [3.8, 4) is 17.7 Å². The quantitative estimate of drug-likeness (QED) is 0.458. The zero-order valence-corrected chi connectivity index (χ0v) is 21.3. The van der Waals surface area contributed by atoms with Crippen LogP contribution >= 0.6 is 11.8 Å². The van der Waals surface area contributed by atoms with Gasteiger partial charge in [-0.3, -0.25) is 9.20 Å². The Kier molecular flexibility index (Phi) is 7.25. The summed E-state index contributed by atoms with van der Waals surface area (Å²) in [6.45, 7) is 2.39. The lowest BCUT2D eigenvalue weighted by Crippen LogP contribution is -2.46. The molecule has 3 N–H and O–H groups in total. The van der Waals surface area contributed by atoms with Gasteiger partial charge in [0.25, 0.3) is 5.91 Å². The predicted octanol–water partition coefficient (Wildman–Crippen LogP) is 3.70. The van der Waals surface area contributed by atoms with Crippen LogP contribution in [0, 0.1) is 11.8 Å². The molecule has 2 aliphatic rings. The summed E-state index contributed by atoms with van der Waals surface area (Å²) in [4.78, 5) is 13.7. The predicted molar refractivity (Wildman–Crippen MR) is 143 cm³/mol. The third-order valence-corrected chi connectivity index (χ3v) is 7.53. The minimum atomic E-state index is -0.921. The van der Waals surface area contributed by atoms with Crippen LogP contribution in [0.15, 0.2) is 47.5 Å². The molecule has 1 fully saturated rings. The number of anilines is 2.